The summed E-state index contributed by atoms with van der Waals surface area (Å²) in [7, 11) is 0. The predicted octanol–water partition coefficient (Wildman–Crippen LogP) is 3.70. The van der Waals surface area contributed by atoms with Crippen LogP contribution >= 0.6 is 11.3 Å². The highest BCUT2D eigenvalue weighted by molar-refractivity contribution is 7.18. The van der Waals surface area contributed by atoms with E-state index in [0.29, 0.717) is 15.9 Å². The first-order valence-corrected chi connectivity index (χ1v) is 9.17. The van der Waals surface area contributed by atoms with Crippen molar-refractivity contribution in [3.63, 3.8) is 0 Å². The standard InChI is InChI=1S/C19H16N4O3S/c1-12(24)23-9-8-13-5-2-3-6-14(13)15(23)11-17(25)20-19-22-21-18(27-19)16-7-4-10-26-16/h2-10,15H,11H2,1H3,(H,20,22,25)/t15-/m1/s1. The molecule has 7 nitrogen and oxygen atoms in total. The zero-order valence-corrected chi connectivity index (χ0v) is 15.3. The van der Waals surface area contributed by atoms with Crippen LogP contribution in [0.2, 0.25) is 0 Å². The number of hydrogen-bond acceptors (Lipinski definition) is 6. The molecule has 0 fully saturated rings. The summed E-state index contributed by atoms with van der Waals surface area (Å²) in [5.74, 6) is 0.246. The van der Waals surface area contributed by atoms with Crippen molar-refractivity contribution in [3.8, 4) is 10.8 Å². The average Bonchev–Trinajstić information content (AvgIpc) is 3.33. The van der Waals surface area contributed by atoms with E-state index in [4.69, 9.17) is 4.42 Å². The van der Waals surface area contributed by atoms with Crippen LogP contribution in [0.25, 0.3) is 16.8 Å². The maximum Gasteiger partial charge on any atom is 0.228 e. The molecule has 3 aromatic rings. The molecule has 0 radical (unpaired) electrons. The molecule has 0 saturated heterocycles. The van der Waals surface area contributed by atoms with Crippen LogP contribution in [0.4, 0.5) is 5.13 Å². The number of benzene rings is 1. The third-order valence-corrected chi connectivity index (χ3v) is 5.10. The van der Waals surface area contributed by atoms with Crippen LogP contribution in [0, 0.1) is 0 Å². The lowest BCUT2D eigenvalue weighted by atomic mass is 9.93. The number of hydrogen-bond donors (Lipinski definition) is 1. The van der Waals surface area contributed by atoms with E-state index in [0.717, 1.165) is 11.1 Å². The number of fused-ring (bicyclic) bond motifs is 1. The van der Waals surface area contributed by atoms with Gasteiger partial charge in [-0.25, -0.2) is 0 Å². The lowest BCUT2D eigenvalue weighted by Gasteiger charge is -2.32. The number of aromatic nitrogens is 2. The van der Waals surface area contributed by atoms with Crippen LogP contribution in [0.5, 0.6) is 0 Å². The van der Waals surface area contributed by atoms with E-state index in [1.807, 2.05) is 30.3 Å². The number of carbonyl (C=O) groups excluding carboxylic acids is 2. The van der Waals surface area contributed by atoms with Crippen molar-refractivity contribution in [2.45, 2.75) is 19.4 Å². The van der Waals surface area contributed by atoms with Crippen molar-refractivity contribution in [1.29, 1.82) is 0 Å². The van der Waals surface area contributed by atoms with Gasteiger partial charge in [-0.1, -0.05) is 35.6 Å². The molecule has 1 atom stereocenters. The third-order valence-electron chi connectivity index (χ3n) is 4.25. The summed E-state index contributed by atoms with van der Waals surface area (Å²) in [5, 5.41) is 11.8. The second-order valence-corrected chi connectivity index (χ2v) is 7.01. The molecule has 27 heavy (non-hydrogen) atoms. The third kappa shape index (κ3) is 3.52. The number of anilines is 1. The van der Waals surface area contributed by atoms with Crippen molar-refractivity contribution in [3.05, 3.63) is 60.0 Å². The van der Waals surface area contributed by atoms with Gasteiger partial charge in [-0.05, 0) is 29.3 Å². The van der Waals surface area contributed by atoms with Gasteiger partial charge in [-0.3, -0.25) is 9.59 Å². The Morgan fingerprint density at radius 3 is 2.85 bits per heavy atom. The first-order valence-electron chi connectivity index (χ1n) is 8.35. The van der Waals surface area contributed by atoms with Gasteiger partial charge in [0.25, 0.3) is 0 Å². The van der Waals surface area contributed by atoms with Gasteiger partial charge in [-0.2, -0.15) is 0 Å². The summed E-state index contributed by atoms with van der Waals surface area (Å²) in [6.07, 6.45) is 5.28. The summed E-state index contributed by atoms with van der Waals surface area (Å²) < 4.78 is 5.28. The molecule has 2 amide bonds. The summed E-state index contributed by atoms with van der Waals surface area (Å²) in [6, 6.07) is 10.9. The summed E-state index contributed by atoms with van der Waals surface area (Å²) in [4.78, 5) is 26.2. The van der Waals surface area contributed by atoms with Gasteiger partial charge in [0.1, 0.15) is 0 Å². The molecule has 0 aliphatic carbocycles. The summed E-state index contributed by atoms with van der Waals surface area (Å²) in [6.45, 7) is 1.49. The SMILES string of the molecule is CC(=O)N1C=Cc2ccccc2[C@H]1CC(=O)Nc1nnc(-c2ccco2)s1. The Balaban J connectivity index is 1.51. The van der Waals surface area contributed by atoms with Crippen LogP contribution in [0.1, 0.15) is 30.5 Å². The first-order chi connectivity index (χ1) is 13.1. The minimum Gasteiger partial charge on any atom is -0.462 e. The zero-order valence-electron chi connectivity index (χ0n) is 14.5. The first kappa shape index (κ1) is 17.2. The highest BCUT2D eigenvalue weighted by Crippen LogP contribution is 2.33. The average molecular weight is 380 g/mol. The van der Waals surface area contributed by atoms with Crippen molar-refractivity contribution in [2.24, 2.45) is 0 Å². The quantitative estimate of drug-likeness (QED) is 0.745. The Morgan fingerprint density at radius 2 is 2.07 bits per heavy atom. The highest BCUT2D eigenvalue weighted by atomic mass is 32.1. The van der Waals surface area contributed by atoms with E-state index in [-0.39, 0.29) is 24.3 Å². The molecule has 0 unspecified atom stereocenters. The Kier molecular flexibility index (Phi) is 4.55. The lowest BCUT2D eigenvalue weighted by Crippen LogP contribution is -2.33. The fraction of sp³-hybridized carbons (Fsp3) is 0.158. The van der Waals surface area contributed by atoms with Gasteiger partial charge in [0.15, 0.2) is 10.8 Å². The predicted molar refractivity (Wildman–Crippen MR) is 102 cm³/mol. The number of nitrogens with one attached hydrogen (secondary N) is 1. The molecule has 0 spiro atoms. The maximum absolute atomic E-state index is 12.6. The molecule has 0 bridgehead atoms. The fourth-order valence-corrected chi connectivity index (χ4v) is 3.76. The highest BCUT2D eigenvalue weighted by Gasteiger charge is 2.28. The van der Waals surface area contributed by atoms with Gasteiger partial charge < -0.3 is 14.6 Å². The van der Waals surface area contributed by atoms with Gasteiger partial charge in [0, 0.05) is 13.1 Å². The number of carbonyl (C=O) groups is 2. The van der Waals surface area contributed by atoms with E-state index in [1.165, 1.54) is 18.3 Å². The molecule has 1 aliphatic rings. The van der Waals surface area contributed by atoms with Crippen LogP contribution in [0.3, 0.4) is 0 Å². The molecule has 1 N–H and O–H groups in total. The topological polar surface area (TPSA) is 88.3 Å². The molecule has 1 aromatic carbocycles. The second kappa shape index (κ2) is 7.16. The number of rotatable bonds is 4. The van der Waals surface area contributed by atoms with E-state index >= 15 is 0 Å². The normalized spacial score (nSPS) is 15.4. The minimum absolute atomic E-state index is 0.116. The van der Waals surface area contributed by atoms with Gasteiger partial charge >= 0.3 is 0 Å². The van der Waals surface area contributed by atoms with Crippen LogP contribution < -0.4 is 5.32 Å². The van der Waals surface area contributed by atoms with Crippen molar-refractivity contribution in [1.82, 2.24) is 15.1 Å². The van der Waals surface area contributed by atoms with Crippen LogP contribution in [0.15, 0.2) is 53.3 Å². The van der Waals surface area contributed by atoms with Crippen LogP contribution in [-0.4, -0.2) is 26.9 Å². The largest absolute Gasteiger partial charge is 0.462 e. The van der Waals surface area contributed by atoms with Gasteiger partial charge in [0.2, 0.25) is 16.9 Å². The number of amides is 2. The van der Waals surface area contributed by atoms with Crippen LogP contribution in [-0.2, 0) is 9.59 Å². The van der Waals surface area contributed by atoms with E-state index in [1.54, 1.807) is 29.5 Å². The summed E-state index contributed by atoms with van der Waals surface area (Å²) >= 11 is 1.23. The molecule has 136 valence electrons. The zero-order chi connectivity index (χ0) is 18.8. The maximum atomic E-state index is 12.6. The van der Waals surface area contributed by atoms with E-state index in [9.17, 15) is 9.59 Å². The Morgan fingerprint density at radius 1 is 1.22 bits per heavy atom. The molecular formula is C19H16N4O3S. The Hall–Kier alpha value is -3.26. The lowest BCUT2D eigenvalue weighted by molar-refractivity contribution is -0.129. The molecule has 2 aromatic heterocycles. The monoisotopic (exact) mass is 380 g/mol. The Labute approximate surface area is 159 Å². The Bertz CT molecular complexity index is 1010. The molecule has 1 aliphatic heterocycles. The van der Waals surface area contributed by atoms with Gasteiger partial charge in [0.05, 0.1) is 18.7 Å². The number of furan rings is 1. The summed E-state index contributed by atoms with van der Waals surface area (Å²) in [5.41, 5.74) is 1.95. The molecule has 8 heteroatoms. The van der Waals surface area contributed by atoms with E-state index in [2.05, 4.69) is 15.5 Å². The molecule has 4 rings (SSSR count). The van der Waals surface area contributed by atoms with Crippen molar-refractivity contribution < 1.29 is 14.0 Å². The van der Waals surface area contributed by atoms with E-state index < -0.39 is 0 Å². The molecule has 0 saturated carbocycles. The minimum atomic E-state index is -0.360. The molecule has 3 heterocycles. The van der Waals surface area contributed by atoms with Gasteiger partial charge in [-0.15, -0.1) is 10.2 Å². The van der Waals surface area contributed by atoms with Crippen molar-refractivity contribution >= 4 is 34.4 Å². The smallest absolute Gasteiger partial charge is 0.228 e. The molecular weight excluding hydrogens is 364 g/mol. The second-order valence-electron chi connectivity index (χ2n) is 6.03. The number of nitrogens with zero attached hydrogens (tertiary/aromatic N) is 3. The van der Waals surface area contributed by atoms with Crippen molar-refractivity contribution in [2.75, 3.05) is 5.32 Å². The fourth-order valence-electron chi connectivity index (χ4n) is 3.03.